The first-order valence-corrected chi connectivity index (χ1v) is 12.3. The van der Waals surface area contributed by atoms with E-state index in [0.717, 1.165) is 6.42 Å². The third kappa shape index (κ3) is 4.31. The van der Waals surface area contributed by atoms with Crippen LogP contribution in [0.1, 0.15) is 59.8 Å². The van der Waals surface area contributed by atoms with Crippen molar-refractivity contribution in [2.45, 2.75) is 82.6 Å². The first-order chi connectivity index (χ1) is 16.0. The maximum Gasteiger partial charge on any atom is 0.313 e. The average Bonchev–Trinajstić information content (AvgIpc) is 3.33. The molecule has 0 aromatic heterocycles. The molecule has 3 heterocycles. The highest BCUT2D eigenvalue weighted by atomic mass is 16.6. The Hall–Kier alpha value is -2.19. The van der Waals surface area contributed by atoms with E-state index in [1.165, 1.54) is 6.08 Å². The van der Waals surface area contributed by atoms with Gasteiger partial charge in [0, 0.05) is 25.2 Å². The smallest absolute Gasteiger partial charge is 0.313 e. The van der Waals surface area contributed by atoms with Crippen LogP contribution in [0.4, 0.5) is 0 Å². The molecule has 0 aliphatic carbocycles. The lowest BCUT2D eigenvalue weighted by atomic mass is 9.66. The van der Waals surface area contributed by atoms with Gasteiger partial charge in [-0.2, -0.15) is 0 Å². The van der Waals surface area contributed by atoms with Crippen LogP contribution >= 0.6 is 0 Å². The summed E-state index contributed by atoms with van der Waals surface area (Å²) in [4.78, 5) is 44.5. The summed E-state index contributed by atoms with van der Waals surface area (Å²) in [5.41, 5.74) is -2.41. The van der Waals surface area contributed by atoms with Crippen LogP contribution in [0, 0.1) is 11.8 Å². The minimum atomic E-state index is -1.07. The van der Waals surface area contributed by atoms with E-state index in [1.54, 1.807) is 15.9 Å². The molecule has 0 aromatic carbocycles. The zero-order valence-corrected chi connectivity index (χ0v) is 21.0. The van der Waals surface area contributed by atoms with Gasteiger partial charge in [-0.15, -0.1) is 6.58 Å². The summed E-state index contributed by atoms with van der Waals surface area (Å²) in [6, 6.07) is -0.822. The van der Waals surface area contributed by atoms with Crippen molar-refractivity contribution >= 4 is 17.8 Å². The van der Waals surface area contributed by atoms with Gasteiger partial charge in [0.25, 0.3) is 0 Å². The quantitative estimate of drug-likeness (QED) is 0.280. The number of likely N-dealkylation sites (tertiary alicyclic amines) is 1. The van der Waals surface area contributed by atoms with Crippen LogP contribution in [0.15, 0.2) is 25.3 Å². The van der Waals surface area contributed by atoms with Gasteiger partial charge in [-0.1, -0.05) is 18.7 Å². The molecule has 190 valence electrons. The molecule has 3 aliphatic heterocycles. The summed E-state index contributed by atoms with van der Waals surface area (Å²) in [5.74, 6) is -2.42. The third-order valence-corrected chi connectivity index (χ3v) is 7.55. The number of carbonyl (C=O) groups excluding carboxylic acids is 3. The number of aliphatic hydroxyl groups is 1. The van der Waals surface area contributed by atoms with Crippen LogP contribution in [-0.4, -0.2) is 81.8 Å². The highest BCUT2D eigenvalue weighted by molar-refractivity contribution is 5.98. The minimum absolute atomic E-state index is 0.0592. The second-order valence-electron chi connectivity index (χ2n) is 10.9. The predicted molar refractivity (Wildman–Crippen MR) is 128 cm³/mol. The molecule has 1 N–H and O–H groups in total. The molecule has 1 spiro atoms. The Morgan fingerprint density at radius 3 is 2.53 bits per heavy atom. The molecule has 0 saturated carbocycles. The van der Waals surface area contributed by atoms with E-state index in [-0.39, 0.29) is 25.0 Å². The Kier molecular flexibility index (Phi) is 7.63. The molecule has 3 aliphatic rings. The van der Waals surface area contributed by atoms with Crippen LogP contribution in [0.3, 0.4) is 0 Å². The minimum Gasteiger partial charge on any atom is -0.461 e. The molecule has 2 unspecified atom stereocenters. The molecule has 3 saturated heterocycles. The van der Waals surface area contributed by atoms with E-state index in [9.17, 15) is 14.4 Å². The molecular formula is C26H40N2O6. The van der Waals surface area contributed by atoms with Gasteiger partial charge in [0.05, 0.1) is 11.5 Å². The van der Waals surface area contributed by atoms with Crippen molar-refractivity contribution in [2.24, 2.45) is 11.8 Å². The fourth-order valence-electron chi connectivity index (χ4n) is 6.08. The summed E-state index contributed by atoms with van der Waals surface area (Å²) < 4.78 is 12.0. The van der Waals surface area contributed by atoms with Gasteiger partial charge >= 0.3 is 5.97 Å². The topological polar surface area (TPSA) is 96.4 Å². The Morgan fingerprint density at radius 2 is 1.94 bits per heavy atom. The molecule has 0 aromatic rings. The summed E-state index contributed by atoms with van der Waals surface area (Å²) in [6.45, 7) is 16.0. The Labute approximate surface area is 202 Å². The summed E-state index contributed by atoms with van der Waals surface area (Å²) >= 11 is 0. The maximum atomic E-state index is 14.1. The van der Waals surface area contributed by atoms with E-state index in [0.29, 0.717) is 38.8 Å². The predicted octanol–water partition coefficient (Wildman–Crippen LogP) is 2.46. The lowest BCUT2D eigenvalue weighted by molar-refractivity contribution is -0.160. The van der Waals surface area contributed by atoms with Gasteiger partial charge in [-0.25, -0.2) is 0 Å². The number of amides is 2. The van der Waals surface area contributed by atoms with E-state index < -0.39 is 40.6 Å². The summed E-state index contributed by atoms with van der Waals surface area (Å²) in [7, 11) is 0. The number of unbranched alkanes of at least 4 members (excludes halogenated alkanes) is 2. The van der Waals surface area contributed by atoms with Crippen molar-refractivity contribution in [2.75, 3.05) is 26.3 Å². The number of hydrogen-bond acceptors (Lipinski definition) is 6. The SMILES string of the molecule is C=CCOC(=O)[C@@H]1[C@H]2C(=O)N(CCCCCO)C(C(=O)N(CC=C)C(C)(C)C)C23CC[C@@]1(C)O3. The van der Waals surface area contributed by atoms with Crippen LogP contribution in [0.2, 0.25) is 0 Å². The molecule has 2 bridgehead atoms. The zero-order valence-electron chi connectivity index (χ0n) is 21.0. The molecule has 8 nitrogen and oxygen atoms in total. The third-order valence-electron chi connectivity index (χ3n) is 7.55. The second-order valence-corrected chi connectivity index (χ2v) is 10.9. The molecule has 0 radical (unpaired) electrons. The van der Waals surface area contributed by atoms with Crippen LogP contribution in [0.5, 0.6) is 0 Å². The molecule has 5 atom stereocenters. The largest absolute Gasteiger partial charge is 0.461 e. The van der Waals surface area contributed by atoms with E-state index in [1.807, 2.05) is 27.7 Å². The molecule has 3 fully saturated rings. The summed E-state index contributed by atoms with van der Waals surface area (Å²) in [5, 5.41) is 9.15. The first kappa shape index (κ1) is 26.4. The number of carbonyl (C=O) groups is 3. The molecule has 8 heteroatoms. The van der Waals surface area contributed by atoms with Crippen molar-refractivity contribution in [1.29, 1.82) is 0 Å². The number of fused-ring (bicyclic) bond motifs is 1. The highest BCUT2D eigenvalue weighted by Crippen LogP contribution is 2.63. The number of aliphatic hydroxyl groups excluding tert-OH is 1. The lowest BCUT2D eigenvalue weighted by Crippen LogP contribution is -2.60. The van der Waals surface area contributed by atoms with E-state index in [2.05, 4.69) is 13.2 Å². The Balaban J connectivity index is 2.03. The zero-order chi connectivity index (χ0) is 25.3. The number of hydrogen-bond donors (Lipinski definition) is 1. The van der Waals surface area contributed by atoms with E-state index >= 15 is 0 Å². The number of rotatable bonds is 11. The van der Waals surface area contributed by atoms with Crippen molar-refractivity contribution < 1.29 is 29.0 Å². The maximum absolute atomic E-state index is 14.1. The van der Waals surface area contributed by atoms with Gasteiger partial charge in [-0.05, 0) is 59.8 Å². The van der Waals surface area contributed by atoms with Crippen molar-refractivity contribution in [3.63, 3.8) is 0 Å². The monoisotopic (exact) mass is 476 g/mol. The van der Waals surface area contributed by atoms with Crippen LogP contribution in [0.25, 0.3) is 0 Å². The average molecular weight is 477 g/mol. The van der Waals surface area contributed by atoms with Crippen molar-refractivity contribution in [3.8, 4) is 0 Å². The number of esters is 1. The highest BCUT2D eigenvalue weighted by Gasteiger charge is 2.78. The van der Waals surface area contributed by atoms with Crippen LogP contribution in [-0.2, 0) is 23.9 Å². The summed E-state index contributed by atoms with van der Waals surface area (Å²) in [6.07, 6.45) is 6.30. The molecular weight excluding hydrogens is 436 g/mol. The second kappa shape index (κ2) is 9.82. The van der Waals surface area contributed by atoms with E-state index in [4.69, 9.17) is 14.6 Å². The lowest BCUT2D eigenvalue weighted by Gasteiger charge is -2.42. The number of nitrogens with zero attached hydrogens (tertiary/aromatic N) is 2. The standard InChI is InChI=1S/C26H40N2O6/c1-7-14-28(24(3,4)5)22(31)20-26-13-12-25(6,34-26)19(23(32)33-17-8-2)18(26)21(30)27(20)15-10-9-11-16-29/h7-8,18-20,29H,1-2,9-17H2,3-6H3/t18-,19-,20?,25+,26?/m0/s1. The van der Waals surface area contributed by atoms with Gasteiger partial charge in [0.1, 0.15) is 24.2 Å². The van der Waals surface area contributed by atoms with Gasteiger partial charge < -0.3 is 24.4 Å². The molecule has 2 amide bonds. The molecule has 34 heavy (non-hydrogen) atoms. The normalized spacial score (nSPS) is 32.0. The molecule has 3 rings (SSSR count). The first-order valence-electron chi connectivity index (χ1n) is 12.3. The van der Waals surface area contributed by atoms with Crippen molar-refractivity contribution in [1.82, 2.24) is 9.80 Å². The van der Waals surface area contributed by atoms with Gasteiger partial charge in [-0.3, -0.25) is 14.4 Å². The van der Waals surface area contributed by atoms with Crippen LogP contribution < -0.4 is 0 Å². The number of ether oxygens (including phenoxy) is 2. The van der Waals surface area contributed by atoms with Gasteiger partial charge in [0.15, 0.2) is 0 Å². The Morgan fingerprint density at radius 1 is 1.24 bits per heavy atom. The fraction of sp³-hybridized carbons (Fsp3) is 0.731. The van der Waals surface area contributed by atoms with Crippen molar-refractivity contribution in [3.05, 3.63) is 25.3 Å². The van der Waals surface area contributed by atoms with Gasteiger partial charge in [0.2, 0.25) is 11.8 Å². The Bertz CT molecular complexity index is 836. The fourth-order valence-corrected chi connectivity index (χ4v) is 6.08.